The number of hydrogen-bond acceptors (Lipinski definition) is 1. The first kappa shape index (κ1) is 12.6. The summed E-state index contributed by atoms with van der Waals surface area (Å²) in [6, 6.07) is 9.72. The van der Waals surface area contributed by atoms with Gasteiger partial charge in [-0.15, -0.1) is 0 Å². The van der Waals surface area contributed by atoms with Crippen molar-refractivity contribution in [3.8, 4) is 0 Å². The lowest BCUT2D eigenvalue weighted by Crippen LogP contribution is -2.13. The van der Waals surface area contributed by atoms with Crippen LogP contribution in [0.25, 0.3) is 0 Å². The first-order valence-corrected chi connectivity index (χ1v) is 5.83. The highest BCUT2D eigenvalue weighted by molar-refractivity contribution is 9.09. The average molecular weight is 279 g/mol. The van der Waals surface area contributed by atoms with Gasteiger partial charge in [-0.25, -0.2) is 8.78 Å². The summed E-state index contributed by atoms with van der Waals surface area (Å²) in [4.78, 5) is 0. The van der Waals surface area contributed by atoms with Crippen molar-refractivity contribution in [2.45, 2.75) is 12.3 Å². The maximum absolute atomic E-state index is 11.9. The number of hydrogen-bond donors (Lipinski definition) is 0. The van der Waals surface area contributed by atoms with Crippen LogP contribution in [0.2, 0.25) is 0 Å². The van der Waals surface area contributed by atoms with Gasteiger partial charge in [-0.1, -0.05) is 46.3 Å². The van der Waals surface area contributed by atoms with Gasteiger partial charge < -0.3 is 4.74 Å². The molecular weight excluding hydrogens is 266 g/mol. The molecule has 0 bridgehead atoms. The highest BCUT2D eigenvalue weighted by Gasteiger charge is 2.11. The predicted molar refractivity (Wildman–Crippen MR) is 59.8 cm³/mol. The van der Waals surface area contributed by atoms with E-state index >= 15 is 0 Å². The summed E-state index contributed by atoms with van der Waals surface area (Å²) in [5, 5.41) is 0.709. The Hall–Kier alpha value is -0.480. The van der Waals surface area contributed by atoms with Crippen LogP contribution in [-0.2, 0) is 4.74 Å². The highest BCUT2D eigenvalue weighted by Crippen LogP contribution is 2.18. The monoisotopic (exact) mass is 278 g/mol. The van der Waals surface area contributed by atoms with Crippen molar-refractivity contribution in [2.24, 2.45) is 0 Å². The second kappa shape index (κ2) is 6.90. The highest BCUT2D eigenvalue weighted by atomic mass is 79.9. The Morgan fingerprint density at radius 3 is 2.33 bits per heavy atom. The minimum Gasteiger partial charge on any atom is -0.375 e. The SMILES string of the molecule is FC(F)COCC(CBr)c1ccccc1. The van der Waals surface area contributed by atoms with E-state index in [0.717, 1.165) is 5.56 Å². The molecule has 1 nitrogen and oxygen atoms in total. The van der Waals surface area contributed by atoms with Gasteiger partial charge in [0.2, 0.25) is 0 Å². The van der Waals surface area contributed by atoms with E-state index < -0.39 is 13.0 Å². The van der Waals surface area contributed by atoms with E-state index in [4.69, 9.17) is 4.74 Å². The molecule has 1 aromatic rings. The number of benzene rings is 1. The third kappa shape index (κ3) is 4.71. The largest absolute Gasteiger partial charge is 0.375 e. The van der Waals surface area contributed by atoms with Crippen molar-refractivity contribution in [1.29, 1.82) is 0 Å². The molecule has 0 fully saturated rings. The molecule has 0 amide bonds. The van der Waals surface area contributed by atoms with Crippen LogP contribution in [0.4, 0.5) is 8.78 Å². The smallest absolute Gasteiger partial charge is 0.261 e. The Labute approximate surface area is 96.6 Å². The molecule has 0 saturated heterocycles. The van der Waals surface area contributed by atoms with E-state index in [1.807, 2.05) is 30.3 Å². The molecule has 1 unspecified atom stereocenters. The number of rotatable bonds is 6. The van der Waals surface area contributed by atoms with Crippen LogP contribution < -0.4 is 0 Å². The second-order valence-corrected chi connectivity index (χ2v) is 3.84. The molecule has 1 atom stereocenters. The zero-order chi connectivity index (χ0) is 11.1. The summed E-state index contributed by atoms with van der Waals surface area (Å²) in [5.41, 5.74) is 1.10. The normalized spacial score (nSPS) is 13.1. The van der Waals surface area contributed by atoms with Gasteiger partial charge in [-0.2, -0.15) is 0 Å². The minimum absolute atomic E-state index is 0.130. The van der Waals surface area contributed by atoms with Crippen LogP contribution in [0, 0.1) is 0 Å². The van der Waals surface area contributed by atoms with Crippen molar-refractivity contribution in [3.63, 3.8) is 0 Å². The Morgan fingerprint density at radius 2 is 1.80 bits per heavy atom. The molecule has 0 heterocycles. The maximum atomic E-state index is 11.9. The van der Waals surface area contributed by atoms with E-state index in [9.17, 15) is 8.78 Å². The molecule has 15 heavy (non-hydrogen) atoms. The number of ether oxygens (including phenoxy) is 1. The molecule has 0 aliphatic rings. The molecule has 0 aliphatic heterocycles. The fraction of sp³-hybridized carbons (Fsp3) is 0.455. The van der Waals surface area contributed by atoms with Crippen LogP contribution in [0.5, 0.6) is 0 Å². The van der Waals surface area contributed by atoms with Crippen molar-refractivity contribution >= 4 is 15.9 Å². The molecule has 0 aliphatic carbocycles. The average Bonchev–Trinajstić information content (AvgIpc) is 2.25. The molecule has 0 saturated carbocycles. The summed E-state index contributed by atoms with van der Waals surface area (Å²) in [7, 11) is 0. The zero-order valence-electron chi connectivity index (χ0n) is 8.20. The summed E-state index contributed by atoms with van der Waals surface area (Å²) >= 11 is 3.35. The summed E-state index contributed by atoms with van der Waals surface area (Å²) in [6.45, 7) is -0.171. The standard InChI is InChI=1S/C11H13BrF2O/c12-6-10(7-15-8-11(13)14)9-4-2-1-3-5-9/h1-5,10-11H,6-8H2. The van der Waals surface area contributed by atoms with Crippen LogP contribution in [0.1, 0.15) is 11.5 Å². The second-order valence-electron chi connectivity index (χ2n) is 3.19. The van der Waals surface area contributed by atoms with Crippen molar-refractivity contribution in [2.75, 3.05) is 18.5 Å². The lowest BCUT2D eigenvalue weighted by atomic mass is 10.0. The zero-order valence-corrected chi connectivity index (χ0v) is 9.79. The third-order valence-electron chi connectivity index (χ3n) is 2.02. The fourth-order valence-corrected chi connectivity index (χ4v) is 1.82. The van der Waals surface area contributed by atoms with E-state index in [1.54, 1.807) is 0 Å². The molecule has 1 aromatic carbocycles. The maximum Gasteiger partial charge on any atom is 0.261 e. The lowest BCUT2D eigenvalue weighted by molar-refractivity contribution is 0.0139. The Balaban J connectivity index is 2.43. The Kier molecular flexibility index (Phi) is 5.79. The van der Waals surface area contributed by atoms with E-state index in [1.165, 1.54) is 0 Å². The molecule has 84 valence electrons. The first-order valence-electron chi connectivity index (χ1n) is 4.71. The quantitative estimate of drug-likeness (QED) is 0.725. The molecule has 0 N–H and O–H groups in total. The third-order valence-corrected chi connectivity index (χ3v) is 2.80. The predicted octanol–water partition coefficient (Wildman–Crippen LogP) is 3.45. The summed E-state index contributed by atoms with van der Waals surface area (Å²) in [6.07, 6.45) is -2.39. The van der Waals surface area contributed by atoms with Gasteiger partial charge in [-0.3, -0.25) is 0 Å². The van der Waals surface area contributed by atoms with Gasteiger partial charge in [0.25, 0.3) is 6.43 Å². The van der Waals surface area contributed by atoms with Crippen LogP contribution in [-0.4, -0.2) is 25.0 Å². The van der Waals surface area contributed by atoms with Crippen LogP contribution >= 0.6 is 15.9 Å². The first-order chi connectivity index (χ1) is 7.24. The van der Waals surface area contributed by atoms with Crippen molar-refractivity contribution in [1.82, 2.24) is 0 Å². The summed E-state index contributed by atoms with van der Waals surface area (Å²) < 4.78 is 28.6. The molecule has 0 spiro atoms. The topological polar surface area (TPSA) is 9.23 Å². The van der Waals surface area contributed by atoms with Gasteiger partial charge in [0.05, 0.1) is 6.61 Å². The van der Waals surface area contributed by atoms with Crippen molar-refractivity contribution in [3.05, 3.63) is 35.9 Å². The van der Waals surface area contributed by atoms with Gasteiger partial charge in [0, 0.05) is 11.2 Å². The van der Waals surface area contributed by atoms with Gasteiger partial charge in [-0.05, 0) is 5.56 Å². The van der Waals surface area contributed by atoms with E-state index in [-0.39, 0.29) is 5.92 Å². The molecule has 1 rings (SSSR count). The molecule has 0 aromatic heterocycles. The van der Waals surface area contributed by atoms with Crippen molar-refractivity contribution < 1.29 is 13.5 Å². The van der Waals surface area contributed by atoms with Crippen LogP contribution in [0.3, 0.4) is 0 Å². The lowest BCUT2D eigenvalue weighted by Gasteiger charge is -2.14. The van der Waals surface area contributed by atoms with Gasteiger partial charge in [0.1, 0.15) is 6.61 Å². The fourth-order valence-electron chi connectivity index (χ4n) is 1.25. The number of alkyl halides is 3. The van der Waals surface area contributed by atoms with Gasteiger partial charge in [0.15, 0.2) is 0 Å². The molecular formula is C11H13BrF2O. The molecule has 4 heteroatoms. The Bertz CT molecular complexity index is 267. The summed E-state index contributed by atoms with van der Waals surface area (Å²) in [5.74, 6) is 0.130. The van der Waals surface area contributed by atoms with Gasteiger partial charge >= 0.3 is 0 Å². The minimum atomic E-state index is -2.39. The van der Waals surface area contributed by atoms with E-state index in [0.29, 0.717) is 11.9 Å². The van der Waals surface area contributed by atoms with Crippen LogP contribution in [0.15, 0.2) is 30.3 Å². The number of halogens is 3. The molecule has 0 radical (unpaired) electrons. The Morgan fingerprint density at radius 1 is 1.13 bits per heavy atom. The van der Waals surface area contributed by atoms with E-state index in [2.05, 4.69) is 15.9 Å².